The standard InChI is InChI=1S/C24H26ClN5O3/c1-16-4-6-19(7-5-16)15-30-23(25)20(18(3)26-30)8-9-22(31)28-10-12-29(13-11-28)24(32)21-14-17(2)27-33-21/h4-9,14H,10-13,15H2,1-3H3/b9-8+. The summed E-state index contributed by atoms with van der Waals surface area (Å²) in [7, 11) is 0. The van der Waals surface area contributed by atoms with E-state index in [9.17, 15) is 9.59 Å². The lowest BCUT2D eigenvalue weighted by molar-refractivity contribution is -0.127. The summed E-state index contributed by atoms with van der Waals surface area (Å²) in [6, 6.07) is 9.83. The van der Waals surface area contributed by atoms with Crippen LogP contribution < -0.4 is 0 Å². The Hall–Kier alpha value is -3.39. The summed E-state index contributed by atoms with van der Waals surface area (Å²) in [6.45, 7) is 8.01. The molecule has 0 radical (unpaired) electrons. The van der Waals surface area contributed by atoms with Gasteiger partial charge in [-0.3, -0.25) is 9.59 Å². The molecule has 0 spiro atoms. The number of rotatable bonds is 5. The van der Waals surface area contributed by atoms with E-state index in [1.165, 1.54) is 11.6 Å². The molecular formula is C24H26ClN5O3. The lowest BCUT2D eigenvalue weighted by Crippen LogP contribution is -2.50. The number of carbonyl (C=O) groups excluding carboxylic acids is 2. The molecule has 4 rings (SSSR count). The van der Waals surface area contributed by atoms with Crippen molar-refractivity contribution in [2.45, 2.75) is 27.3 Å². The molecule has 2 amide bonds. The van der Waals surface area contributed by atoms with Gasteiger partial charge in [-0.1, -0.05) is 46.6 Å². The minimum atomic E-state index is -0.207. The van der Waals surface area contributed by atoms with Crippen LogP contribution >= 0.6 is 11.6 Å². The fourth-order valence-corrected chi connectivity index (χ4v) is 4.04. The number of nitrogens with zero attached hydrogens (tertiary/aromatic N) is 5. The van der Waals surface area contributed by atoms with Crippen molar-refractivity contribution in [2.75, 3.05) is 26.2 Å². The van der Waals surface area contributed by atoms with Crippen molar-refractivity contribution in [1.82, 2.24) is 24.7 Å². The highest BCUT2D eigenvalue weighted by atomic mass is 35.5. The fourth-order valence-electron chi connectivity index (χ4n) is 3.74. The second kappa shape index (κ2) is 9.62. The Balaban J connectivity index is 1.36. The van der Waals surface area contributed by atoms with E-state index >= 15 is 0 Å². The summed E-state index contributed by atoms with van der Waals surface area (Å²) in [5.74, 6) is -0.110. The van der Waals surface area contributed by atoms with Crippen molar-refractivity contribution >= 4 is 29.5 Å². The van der Waals surface area contributed by atoms with Crippen LogP contribution in [0.2, 0.25) is 5.15 Å². The van der Waals surface area contributed by atoms with Gasteiger partial charge in [-0.25, -0.2) is 4.68 Å². The Kier molecular flexibility index (Phi) is 6.65. The van der Waals surface area contributed by atoms with Gasteiger partial charge in [0.2, 0.25) is 11.7 Å². The number of hydrogen-bond donors (Lipinski definition) is 0. The average molecular weight is 468 g/mol. The molecule has 0 unspecified atom stereocenters. The van der Waals surface area contributed by atoms with E-state index in [1.54, 1.807) is 33.5 Å². The van der Waals surface area contributed by atoms with E-state index in [2.05, 4.69) is 34.5 Å². The Bertz CT molecular complexity index is 1190. The smallest absolute Gasteiger partial charge is 0.292 e. The highest BCUT2D eigenvalue weighted by Gasteiger charge is 2.26. The van der Waals surface area contributed by atoms with Gasteiger partial charge in [0, 0.05) is 43.9 Å². The number of piperazine rings is 1. The number of halogens is 1. The van der Waals surface area contributed by atoms with Crippen molar-refractivity contribution in [2.24, 2.45) is 0 Å². The van der Waals surface area contributed by atoms with Crippen molar-refractivity contribution in [1.29, 1.82) is 0 Å². The van der Waals surface area contributed by atoms with Crippen molar-refractivity contribution in [3.8, 4) is 0 Å². The zero-order valence-electron chi connectivity index (χ0n) is 18.9. The molecule has 0 N–H and O–H groups in total. The molecule has 0 atom stereocenters. The SMILES string of the molecule is Cc1ccc(Cn2nc(C)c(/C=C/C(=O)N3CCN(C(=O)c4cc(C)no4)CC3)c2Cl)cc1. The van der Waals surface area contributed by atoms with E-state index in [4.69, 9.17) is 16.1 Å². The lowest BCUT2D eigenvalue weighted by atomic mass is 10.1. The van der Waals surface area contributed by atoms with Gasteiger partial charge in [-0.2, -0.15) is 5.10 Å². The maximum absolute atomic E-state index is 12.7. The molecule has 172 valence electrons. The topological polar surface area (TPSA) is 84.5 Å². The van der Waals surface area contributed by atoms with E-state index in [0.29, 0.717) is 43.6 Å². The van der Waals surface area contributed by atoms with E-state index in [1.807, 2.05) is 13.8 Å². The first-order valence-electron chi connectivity index (χ1n) is 10.8. The van der Waals surface area contributed by atoms with Crippen LogP contribution in [0.5, 0.6) is 0 Å². The normalized spacial score (nSPS) is 14.3. The predicted molar refractivity (Wildman–Crippen MR) is 125 cm³/mol. The molecule has 2 aromatic heterocycles. The van der Waals surface area contributed by atoms with Gasteiger partial charge in [0.05, 0.1) is 17.9 Å². The zero-order chi connectivity index (χ0) is 23.5. The molecule has 1 aliphatic rings. The second-order valence-corrected chi connectivity index (χ2v) is 8.57. The van der Waals surface area contributed by atoms with Gasteiger partial charge in [0.15, 0.2) is 0 Å². The summed E-state index contributed by atoms with van der Waals surface area (Å²) >= 11 is 6.56. The summed E-state index contributed by atoms with van der Waals surface area (Å²) < 4.78 is 6.79. The molecule has 1 aliphatic heterocycles. The molecule has 8 nitrogen and oxygen atoms in total. The van der Waals surface area contributed by atoms with Crippen LogP contribution in [0, 0.1) is 20.8 Å². The van der Waals surface area contributed by atoms with Crippen LogP contribution in [0.3, 0.4) is 0 Å². The Morgan fingerprint density at radius 2 is 1.73 bits per heavy atom. The minimum absolute atomic E-state index is 0.126. The lowest BCUT2D eigenvalue weighted by Gasteiger charge is -2.33. The number of hydrogen-bond acceptors (Lipinski definition) is 5. The molecular weight excluding hydrogens is 442 g/mol. The van der Waals surface area contributed by atoms with Crippen molar-refractivity contribution < 1.29 is 14.1 Å². The molecule has 1 fully saturated rings. The van der Waals surface area contributed by atoms with E-state index in [0.717, 1.165) is 16.8 Å². The summed E-state index contributed by atoms with van der Waals surface area (Å²) in [5.41, 5.74) is 4.44. The molecule has 1 saturated heterocycles. The predicted octanol–water partition coefficient (Wildman–Crippen LogP) is 3.50. The van der Waals surface area contributed by atoms with Crippen LogP contribution in [0.1, 0.15) is 38.6 Å². The number of carbonyl (C=O) groups is 2. The van der Waals surface area contributed by atoms with Gasteiger partial charge in [-0.15, -0.1) is 0 Å². The van der Waals surface area contributed by atoms with Gasteiger partial charge < -0.3 is 14.3 Å². The third kappa shape index (κ3) is 5.17. The first kappa shape index (κ1) is 22.8. The van der Waals surface area contributed by atoms with E-state index < -0.39 is 0 Å². The number of aromatic nitrogens is 3. The fraction of sp³-hybridized carbons (Fsp3) is 0.333. The van der Waals surface area contributed by atoms with Crippen LogP contribution in [-0.4, -0.2) is 62.7 Å². The highest BCUT2D eigenvalue weighted by Crippen LogP contribution is 2.23. The second-order valence-electron chi connectivity index (χ2n) is 8.22. The van der Waals surface area contributed by atoms with Gasteiger partial charge >= 0.3 is 0 Å². The average Bonchev–Trinajstić information content (AvgIpc) is 3.36. The number of amides is 2. The maximum Gasteiger partial charge on any atom is 0.292 e. The quantitative estimate of drug-likeness (QED) is 0.536. The highest BCUT2D eigenvalue weighted by molar-refractivity contribution is 6.31. The first-order chi connectivity index (χ1) is 15.8. The molecule has 3 heterocycles. The number of benzene rings is 1. The summed E-state index contributed by atoms with van der Waals surface area (Å²) in [4.78, 5) is 28.6. The van der Waals surface area contributed by atoms with Gasteiger partial charge in [-0.05, 0) is 32.4 Å². The third-order valence-corrected chi connectivity index (χ3v) is 6.07. The maximum atomic E-state index is 12.7. The van der Waals surface area contributed by atoms with Gasteiger partial charge in [0.25, 0.3) is 5.91 Å². The molecule has 0 aliphatic carbocycles. The molecule has 3 aromatic rings. The largest absolute Gasteiger partial charge is 0.351 e. The van der Waals surface area contributed by atoms with Crippen LogP contribution in [0.4, 0.5) is 0 Å². The molecule has 0 bridgehead atoms. The Morgan fingerprint density at radius 1 is 1.06 bits per heavy atom. The van der Waals surface area contributed by atoms with Crippen LogP contribution in [-0.2, 0) is 11.3 Å². The summed E-state index contributed by atoms with van der Waals surface area (Å²) in [5, 5.41) is 8.78. The molecule has 33 heavy (non-hydrogen) atoms. The Morgan fingerprint density at radius 3 is 2.36 bits per heavy atom. The number of aryl methyl sites for hydroxylation is 3. The first-order valence-corrected chi connectivity index (χ1v) is 11.2. The van der Waals surface area contributed by atoms with Crippen molar-refractivity contribution in [3.63, 3.8) is 0 Å². The minimum Gasteiger partial charge on any atom is -0.351 e. The molecule has 1 aromatic carbocycles. The molecule has 0 saturated carbocycles. The zero-order valence-corrected chi connectivity index (χ0v) is 19.7. The third-order valence-electron chi connectivity index (χ3n) is 5.67. The van der Waals surface area contributed by atoms with Crippen LogP contribution in [0.15, 0.2) is 40.9 Å². The summed E-state index contributed by atoms with van der Waals surface area (Å²) in [6.07, 6.45) is 3.23. The monoisotopic (exact) mass is 467 g/mol. The Labute approximate surface area is 197 Å². The van der Waals surface area contributed by atoms with Gasteiger partial charge in [0.1, 0.15) is 5.15 Å². The van der Waals surface area contributed by atoms with Crippen LogP contribution in [0.25, 0.3) is 6.08 Å². The van der Waals surface area contributed by atoms with Crippen molar-refractivity contribution in [3.05, 3.63) is 75.4 Å². The van der Waals surface area contributed by atoms with E-state index in [-0.39, 0.29) is 17.6 Å². The molecule has 9 heteroatoms.